The molecule has 2 aromatic rings. The van der Waals surface area contributed by atoms with Crippen LogP contribution in [0.4, 0.5) is 0 Å². The Bertz CT molecular complexity index is 1010. The number of rotatable bonds is 6. The van der Waals surface area contributed by atoms with Gasteiger partial charge in [-0.3, -0.25) is 9.59 Å². The molecule has 4 rings (SSSR count). The fourth-order valence-electron chi connectivity index (χ4n) is 4.34. The Morgan fingerprint density at radius 1 is 1.30 bits per heavy atom. The van der Waals surface area contributed by atoms with E-state index in [1.54, 1.807) is 11.0 Å². The fraction of sp³-hybridized carbons (Fsp3) is 0.435. The van der Waals surface area contributed by atoms with Crippen LogP contribution in [0.2, 0.25) is 0 Å². The van der Waals surface area contributed by atoms with Crippen LogP contribution < -0.4 is 0 Å². The van der Waals surface area contributed by atoms with E-state index < -0.39 is 11.8 Å². The largest absolute Gasteiger partial charge is 0.361 e. The number of hydrogen-bond acceptors (Lipinski definition) is 5. The maximum atomic E-state index is 13.4. The van der Waals surface area contributed by atoms with E-state index >= 15 is 0 Å². The van der Waals surface area contributed by atoms with Crippen molar-refractivity contribution in [1.29, 1.82) is 5.26 Å². The normalized spacial score (nSPS) is 21.7. The number of amides is 1. The molecule has 0 unspecified atom stereocenters. The van der Waals surface area contributed by atoms with E-state index in [0.29, 0.717) is 35.8 Å². The van der Waals surface area contributed by atoms with Gasteiger partial charge in [-0.05, 0) is 43.3 Å². The number of likely N-dealkylation sites (tertiary alicyclic amines) is 1. The van der Waals surface area contributed by atoms with Crippen LogP contribution in [0.3, 0.4) is 0 Å². The van der Waals surface area contributed by atoms with Crippen molar-refractivity contribution in [1.82, 2.24) is 10.1 Å². The lowest BCUT2D eigenvalue weighted by atomic mass is 9.85. The predicted octanol–water partition coefficient (Wildman–Crippen LogP) is 3.13. The molecule has 2 aliphatic heterocycles. The average Bonchev–Trinajstić information content (AvgIpc) is 3.48. The molecule has 2 atom stereocenters. The number of benzene rings is 1. The Balaban J connectivity index is 1.62. The molecule has 0 N–H and O–H groups in total. The van der Waals surface area contributed by atoms with Gasteiger partial charge in [-0.1, -0.05) is 35.5 Å². The average molecular weight is 424 g/mol. The molecule has 3 heterocycles. The van der Waals surface area contributed by atoms with Crippen molar-refractivity contribution in [2.45, 2.75) is 32.7 Å². The van der Waals surface area contributed by atoms with E-state index in [0.717, 1.165) is 29.9 Å². The van der Waals surface area contributed by atoms with Crippen LogP contribution in [0.5, 0.6) is 0 Å². The number of carbonyl (C=O) groups excluding carboxylic acids is 2. The monoisotopic (exact) mass is 423 g/mol. The van der Waals surface area contributed by atoms with Gasteiger partial charge in [0, 0.05) is 12.6 Å². The molecule has 0 aliphatic carbocycles. The third kappa shape index (κ3) is 4.24. The van der Waals surface area contributed by atoms with Crippen LogP contribution in [0, 0.1) is 30.1 Å². The lowest BCUT2D eigenvalue weighted by Gasteiger charge is -2.16. The molecule has 2 aliphatic rings. The van der Waals surface area contributed by atoms with Crippen molar-refractivity contribution in [3.05, 3.63) is 53.4 Å². The Kier molecular flexibility index (Phi) is 6.14. The van der Waals surface area contributed by atoms with Crippen molar-refractivity contribution < 1.29 is 14.1 Å². The van der Waals surface area contributed by atoms with Crippen molar-refractivity contribution in [3.8, 4) is 6.07 Å². The van der Waals surface area contributed by atoms with Gasteiger partial charge in [-0.25, -0.2) is 0 Å². The summed E-state index contributed by atoms with van der Waals surface area (Å²) in [6.07, 6.45) is 2.63. The van der Waals surface area contributed by atoms with E-state index in [2.05, 4.69) is 11.2 Å². The minimum atomic E-state index is -0.492. The summed E-state index contributed by atoms with van der Waals surface area (Å²) in [5.41, 5.74) is 1.70. The van der Waals surface area contributed by atoms with Gasteiger partial charge in [0.15, 0.2) is 5.78 Å². The fourth-order valence-corrected chi connectivity index (χ4v) is 6.63. The molecule has 156 valence electrons. The van der Waals surface area contributed by atoms with E-state index in [-0.39, 0.29) is 22.2 Å². The lowest BCUT2D eigenvalue weighted by molar-refractivity contribution is -0.132. The van der Waals surface area contributed by atoms with Gasteiger partial charge in [0.25, 0.3) is 0 Å². The number of aromatic nitrogens is 1. The molecule has 0 spiro atoms. The second-order valence-electron chi connectivity index (χ2n) is 7.96. The number of carbonyl (C=O) groups is 2. The standard InChI is InChI=1S/C23H25N3O3S/c1-16-11-18(25-29-16)14-26-15-20(22(27)21(13-24)30-9-5-6-10-30)19(23(26)28)12-17-7-3-2-4-8-17/h2-4,7-8,11,19-20H,5-6,9-10,12,14-15H2,1H3/t19-,20+/m1/s1. The van der Waals surface area contributed by atoms with Gasteiger partial charge in [0.2, 0.25) is 5.91 Å². The first-order valence-corrected chi connectivity index (χ1v) is 11.9. The summed E-state index contributed by atoms with van der Waals surface area (Å²) in [6, 6.07) is 13.8. The summed E-state index contributed by atoms with van der Waals surface area (Å²) < 4.78 is 5.13. The van der Waals surface area contributed by atoms with Gasteiger partial charge in [0.1, 0.15) is 22.4 Å². The van der Waals surface area contributed by atoms with E-state index in [1.807, 2.05) is 37.3 Å². The Morgan fingerprint density at radius 2 is 2.03 bits per heavy atom. The SMILES string of the molecule is Cc1cc(CN2C[C@H](C(=O)C(C#N)=S3CCCC3)[C@@H](Cc3ccccc3)C2=O)no1. The highest BCUT2D eigenvalue weighted by atomic mass is 32.2. The number of Topliss-reactive ketones (excluding diaryl/α,β-unsaturated/α-hetero) is 1. The lowest BCUT2D eigenvalue weighted by Crippen LogP contribution is -2.31. The highest BCUT2D eigenvalue weighted by Crippen LogP contribution is 2.34. The number of nitriles is 1. The minimum absolute atomic E-state index is 0.0510. The van der Waals surface area contributed by atoms with E-state index in [1.165, 1.54) is 0 Å². The summed E-state index contributed by atoms with van der Waals surface area (Å²) in [5, 5.41) is 13.7. The smallest absolute Gasteiger partial charge is 0.227 e. The molecular weight excluding hydrogens is 398 g/mol. The first-order chi connectivity index (χ1) is 14.6. The molecule has 1 aromatic carbocycles. The van der Waals surface area contributed by atoms with Crippen LogP contribution in [0.25, 0.3) is 0 Å². The summed E-state index contributed by atoms with van der Waals surface area (Å²) in [4.78, 5) is 28.8. The van der Waals surface area contributed by atoms with Gasteiger partial charge >= 0.3 is 0 Å². The Morgan fingerprint density at radius 3 is 2.67 bits per heavy atom. The van der Waals surface area contributed by atoms with Crippen molar-refractivity contribution in [2.24, 2.45) is 11.8 Å². The van der Waals surface area contributed by atoms with Crippen LogP contribution in [-0.2, 0) is 22.6 Å². The first kappa shape index (κ1) is 20.5. The molecule has 2 saturated heterocycles. The Hall–Kier alpha value is -2.72. The van der Waals surface area contributed by atoms with E-state index in [9.17, 15) is 14.9 Å². The van der Waals surface area contributed by atoms with E-state index in [4.69, 9.17) is 4.52 Å². The topological polar surface area (TPSA) is 87.2 Å². The second-order valence-corrected chi connectivity index (χ2v) is 10.2. The van der Waals surface area contributed by atoms with Gasteiger partial charge in [0.05, 0.1) is 18.4 Å². The van der Waals surface area contributed by atoms with Gasteiger partial charge < -0.3 is 9.42 Å². The molecule has 1 amide bonds. The molecule has 6 nitrogen and oxygen atoms in total. The summed E-state index contributed by atoms with van der Waals surface area (Å²) in [7, 11) is -0.261. The molecule has 0 radical (unpaired) electrons. The molecule has 0 saturated carbocycles. The van der Waals surface area contributed by atoms with Crippen molar-refractivity contribution in [3.63, 3.8) is 0 Å². The maximum Gasteiger partial charge on any atom is 0.227 e. The third-order valence-electron chi connectivity index (χ3n) is 5.84. The number of hydrogen-bond donors (Lipinski definition) is 0. The number of nitrogens with zero attached hydrogens (tertiary/aromatic N) is 3. The summed E-state index contributed by atoms with van der Waals surface area (Å²) in [6.45, 7) is 2.45. The minimum Gasteiger partial charge on any atom is -0.361 e. The van der Waals surface area contributed by atoms with Crippen LogP contribution in [-0.4, -0.2) is 44.7 Å². The molecule has 0 bridgehead atoms. The zero-order valence-corrected chi connectivity index (χ0v) is 17.9. The zero-order chi connectivity index (χ0) is 21.1. The summed E-state index contributed by atoms with van der Waals surface area (Å²) in [5.74, 6) is 1.39. The Labute approximate surface area is 178 Å². The van der Waals surface area contributed by atoms with Crippen molar-refractivity contribution >= 4 is 27.0 Å². The van der Waals surface area contributed by atoms with Crippen LogP contribution in [0.15, 0.2) is 40.9 Å². The van der Waals surface area contributed by atoms with Gasteiger partial charge in [-0.15, -0.1) is 0 Å². The quantitative estimate of drug-likeness (QED) is 0.666. The molecule has 30 heavy (non-hydrogen) atoms. The second kappa shape index (κ2) is 8.97. The predicted molar refractivity (Wildman–Crippen MR) is 116 cm³/mol. The molecule has 1 aromatic heterocycles. The van der Waals surface area contributed by atoms with Crippen molar-refractivity contribution in [2.75, 3.05) is 18.1 Å². The zero-order valence-electron chi connectivity index (χ0n) is 17.0. The van der Waals surface area contributed by atoms with Crippen LogP contribution >= 0.6 is 10.5 Å². The number of aryl methyl sites for hydroxylation is 1. The highest BCUT2D eigenvalue weighted by Gasteiger charge is 2.45. The molecule has 2 fully saturated rings. The van der Waals surface area contributed by atoms with Crippen LogP contribution in [0.1, 0.15) is 29.9 Å². The molecular formula is C23H25N3O3S. The maximum absolute atomic E-state index is 13.4. The summed E-state index contributed by atoms with van der Waals surface area (Å²) >= 11 is 0. The first-order valence-electron chi connectivity index (χ1n) is 10.3. The molecule has 7 heteroatoms. The van der Waals surface area contributed by atoms with Gasteiger partial charge in [-0.2, -0.15) is 15.7 Å². The number of ketones is 1. The third-order valence-corrected chi connectivity index (χ3v) is 8.27. The highest BCUT2D eigenvalue weighted by molar-refractivity contribution is 8.17.